The van der Waals surface area contributed by atoms with Crippen LogP contribution in [0.5, 0.6) is 11.5 Å². The third kappa shape index (κ3) is 6.09. The Hall–Kier alpha value is -3.31. The number of amides is 1. The van der Waals surface area contributed by atoms with Crippen LogP contribution in [0.4, 0.5) is 5.69 Å². The first kappa shape index (κ1) is 20.4. The van der Waals surface area contributed by atoms with Crippen LogP contribution >= 0.6 is 0 Å². The molecule has 2 N–H and O–H groups in total. The summed E-state index contributed by atoms with van der Waals surface area (Å²) < 4.78 is 11.3. The molecule has 0 aliphatic carbocycles. The van der Waals surface area contributed by atoms with E-state index in [1.54, 1.807) is 0 Å². The number of para-hydroxylation sites is 3. The molecule has 5 nitrogen and oxygen atoms in total. The molecular formula is C24H26N2O3. The van der Waals surface area contributed by atoms with Gasteiger partial charge in [0.25, 0.3) is 0 Å². The average molecular weight is 390 g/mol. The molecule has 0 spiro atoms. The predicted molar refractivity (Wildman–Crippen MR) is 115 cm³/mol. The van der Waals surface area contributed by atoms with Gasteiger partial charge in [-0.1, -0.05) is 60.7 Å². The van der Waals surface area contributed by atoms with E-state index in [-0.39, 0.29) is 5.91 Å². The fourth-order valence-corrected chi connectivity index (χ4v) is 2.95. The Morgan fingerprint density at radius 3 is 2.24 bits per heavy atom. The van der Waals surface area contributed by atoms with Crippen LogP contribution in [0.25, 0.3) is 0 Å². The predicted octanol–water partition coefficient (Wildman–Crippen LogP) is 4.43. The Morgan fingerprint density at radius 2 is 1.52 bits per heavy atom. The second kappa shape index (κ2) is 10.9. The Morgan fingerprint density at radius 1 is 0.862 bits per heavy atom. The fourth-order valence-electron chi connectivity index (χ4n) is 2.95. The van der Waals surface area contributed by atoms with Crippen molar-refractivity contribution in [3.63, 3.8) is 0 Å². The summed E-state index contributed by atoms with van der Waals surface area (Å²) in [6.07, 6.45) is 0. The maximum absolute atomic E-state index is 13.1. The number of benzene rings is 3. The molecule has 0 heterocycles. The van der Waals surface area contributed by atoms with Crippen molar-refractivity contribution in [1.82, 2.24) is 5.32 Å². The largest absolute Gasteiger partial charge is 0.492 e. The van der Waals surface area contributed by atoms with Crippen LogP contribution in [-0.2, 0) is 4.79 Å². The van der Waals surface area contributed by atoms with Crippen LogP contribution < -0.4 is 20.1 Å². The summed E-state index contributed by atoms with van der Waals surface area (Å²) in [5.74, 6) is 1.31. The van der Waals surface area contributed by atoms with E-state index in [1.165, 1.54) is 0 Å². The second-order valence-electron chi connectivity index (χ2n) is 6.38. The Labute approximate surface area is 171 Å². The van der Waals surface area contributed by atoms with Gasteiger partial charge in [0, 0.05) is 6.54 Å². The third-order valence-electron chi connectivity index (χ3n) is 4.30. The van der Waals surface area contributed by atoms with E-state index in [4.69, 9.17) is 9.47 Å². The van der Waals surface area contributed by atoms with E-state index in [1.807, 2.05) is 91.9 Å². The smallest absolute Gasteiger partial charge is 0.246 e. The summed E-state index contributed by atoms with van der Waals surface area (Å²) >= 11 is 0. The first-order valence-electron chi connectivity index (χ1n) is 9.77. The number of rotatable bonds is 10. The highest BCUT2D eigenvalue weighted by Crippen LogP contribution is 2.25. The van der Waals surface area contributed by atoms with Crippen molar-refractivity contribution in [3.05, 3.63) is 90.5 Å². The molecule has 1 amide bonds. The van der Waals surface area contributed by atoms with Crippen molar-refractivity contribution < 1.29 is 14.3 Å². The highest BCUT2D eigenvalue weighted by molar-refractivity contribution is 5.96. The molecule has 0 aliphatic heterocycles. The van der Waals surface area contributed by atoms with E-state index in [2.05, 4.69) is 10.6 Å². The van der Waals surface area contributed by atoms with Crippen molar-refractivity contribution in [2.75, 3.05) is 25.1 Å². The Balaban J connectivity index is 1.66. The van der Waals surface area contributed by atoms with E-state index < -0.39 is 6.04 Å². The van der Waals surface area contributed by atoms with Crippen molar-refractivity contribution in [2.24, 2.45) is 0 Å². The molecule has 0 fully saturated rings. The van der Waals surface area contributed by atoms with Crippen molar-refractivity contribution in [2.45, 2.75) is 13.0 Å². The second-order valence-corrected chi connectivity index (χ2v) is 6.38. The highest BCUT2D eigenvalue weighted by Gasteiger charge is 2.21. The molecule has 0 bridgehead atoms. The molecule has 5 heteroatoms. The zero-order valence-corrected chi connectivity index (χ0v) is 16.5. The van der Waals surface area contributed by atoms with E-state index >= 15 is 0 Å². The summed E-state index contributed by atoms with van der Waals surface area (Å²) in [6.45, 7) is 3.43. The number of ether oxygens (including phenoxy) is 2. The van der Waals surface area contributed by atoms with Gasteiger partial charge in [-0.2, -0.15) is 0 Å². The average Bonchev–Trinajstić information content (AvgIpc) is 2.76. The quantitative estimate of drug-likeness (QED) is 0.503. The van der Waals surface area contributed by atoms with Crippen LogP contribution in [0.3, 0.4) is 0 Å². The molecule has 0 saturated carbocycles. The highest BCUT2D eigenvalue weighted by atomic mass is 16.5. The first-order valence-corrected chi connectivity index (χ1v) is 9.77. The zero-order valence-electron chi connectivity index (χ0n) is 16.5. The number of carbonyl (C=O) groups is 1. The summed E-state index contributed by atoms with van der Waals surface area (Å²) in [5, 5.41) is 6.29. The number of anilines is 1. The van der Waals surface area contributed by atoms with Crippen LogP contribution in [0.2, 0.25) is 0 Å². The maximum Gasteiger partial charge on any atom is 0.246 e. The van der Waals surface area contributed by atoms with Crippen molar-refractivity contribution in [1.29, 1.82) is 0 Å². The zero-order chi connectivity index (χ0) is 20.3. The van der Waals surface area contributed by atoms with Gasteiger partial charge in [0.2, 0.25) is 5.91 Å². The van der Waals surface area contributed by atoms with Gasteiger partial charge in [-0.05, 0) is 36.8 Å². The van der Waals surface area contributed by atoms with Gasteiger partial charge in [-0.25, -0.2) is 0 Å². The SMILES string of the molecule is CCOc1ccccc1NC(=O)[C@@H](NCCOc1ccccc1)c1ccccc1. The molecule has 1 atom stereocenters. The molecule has 3 aromatic carbocycles. The lowest BCUT2D eigenvalue weighted by molar-refractivity contribution is -0.118. The number of nitrogens with one attached hydrogen (secondary N) is 2. The van der Waals surface area contributed by atoms with Crippen LogP contribution in [-0.4, -0.2) is 25.7 Å². The lowest BCUT2D eigenvalue weighted by Crippen LogP contribution is -2.35. The standard InChI is InChI=1S/C24H26N2O3/c1-2-28-22-16-10-9-15-21(22)26-24(27)23(19-11-5-3-6-12-19)25-17-18-29-20-13-7-4-8-14-20/h3-16,23,25H,2,17-18H2,1H3,(H,26,27)/t23-/m0/s1. The topological polar surface area (TPSA) is 59.6 Å². The fraction of sp³-hybridized carbons (Fsp3) is 0.208. The Kier molecular flexibility index (Phi) is 7.66. The first-order chi connectivity index (χ1) is 14.3. The molecule has 29 heavy (non-hydrogen) atoms. The lowest BCUT2D eigenvalue weighted by Gasteiger charge is -2.20. The van der Waals surface area contributed by atoms with Crippen molar-refractivity contribution >= 4 is 11.6 Å². The van der Waals surface area contributed by atoms with Crippen LogP contribution in [0.15, 0.2) is 84.9 Å². The minimum absolute atomic E-state index is 0.150. The van der Waals surface area contributed by atoms with Gasteiger partial charge in [-0.15, -0.1) is 0 Å². The number of carbonyl (C=O) groups excluding carboxylic acids is 1. The Bertz CT molecular complexity index is 885. The van der Waals surface area contributed by atoms with Crippen LogP contribution in [0.1, 0.15) is 18.5 Å². The van der Waals surface area contributed by atoms with Crippen LogP contribution in [0, 0.1) is 0 Å². The molecule has 150 valence electrons. The normalized spacial score (nSPS) is 11.5. The number of hydrogen-bond donors (Lipinski definition) is 2. The van der Waals surface area contributed by atoms with Gasteiger partial charge < -0.3 is 14.8 Å². The van der Waals surface area contributed by atoms with Crippen molar-refractivity contribution in [3.8, 4) is 11.5 Å². The van der Waals surface area contributed by atoms with Gasteiger partial charge in [-0.3, -0.25) is 10.1 Å². The maximum atomic E-state index is 13.1. The summed E-state index contributed by atoms with van der Waals surface area (Å²) in [5.41, 5.74) is 1.54. The van der Waals surface area contributed by atoms with Gasteiger partial charge >= 0.3 is 0 Å². The van der Waals surface area contributed by atoms with Gasteiger partial charge in [0.15, 0.2) is 0 Å². The molecule has 0 unspecified atom stereocenters. The summed E-state index contributed by atoms with van der Waals surface area (Å²) in [6, 6.07) is 26.2. The van der Waals surface area contributed by atoms with E-state index in [0.717, 1.165) is 11.3 Å². The molecule has 3 aromatic rings. The minimum atomic E-state index is -0.509. The molecule has 0 aliphatic rings. The molecule has 3 rings (SSSR count). The lowest BCUT2D eigenvalue weighted by atomic mass is 10.1. The van der Waals surface area contributed by atoms with E-state index in [9.17, 15) is 4.79 Å². The number of hydrogen-bond acceptors (Lipinski definition) is 4. The minimum Gasteiger partial charge on any atom is -0.492 e. The summed E-state index contributed by atoms with van der Waals surface area (Å²) in [7, 11) is 0. The summed E-state index contributed by atoms with van der Waals surface area (Å²) in [4.78, 5) is 13.1. The molecule has 0 aromatic heterocycles. The third-order valence-corrected chi connectivity index (χ3v) is 4.30. The molecule has 0 radical (unpaired) electrons. The molecular weight excluding hydrogens is 364 g/mol. The molecule has 0 saturated heterocycles. The van der Waals surface area contributed by atoms with Gasteiger partial charge in [0.1, 0.15) is 24.1 Å². The van der Waals surface area contributed by atoms with E-state index in [0.29, 0.717) is 31.2 Å². The van der Waals surface area contributed by atoms with Gasteiger partial charge in [0.05, 0.1) is 12.3 Å². The monoisotopic (exact) mass is 390 g/mol.